The number of aliphatic hydroxyl groups excluding tert-OH is 1. The van der Waals surface area contributed by atoms with Gasteiger partial charge in [-0.1, -0.05) is 17.7 Å². The molecular weight excluding hydrogens is 364 g/mol. The smallest absolute Gasteiger partial charge is 0.319 e. The number of nitrogens with one attached hydrogen (secondary N) is 2. The van der Waals surface area contributed by atoms with E-state index in [1.54, 1.807) is 35.6 Å². The summed E-state index contributed by atoms with van der Waals surface area (Å²) in [6.45, 7) is 0.396. The fraction of sp³-hybridized carbons (Fsp3) is 0.118. The minimum absolute atomic E-state index is 0.300. The van der Waals surface area contributed by atoms with Crippen molar-refractivity contribution in [3.05, 3.63) is 73.6 Å². The monoisotopic (exact) mass is 378 g/mol. The van der Waals surface area contributed by atoms with Crippen molar-refractivity contribution in [1.29, 1.82) is 0 Å². The van der Waals surface area contributed by atoms with Crippen LogP contribution in [0.4, 0.5) is 10.5 Å². The molecule has 2 heterocycles. The van der Waals surface area contributed by atoms with Crippen LogP contribution in [0.1, 0.15) is 21.4 Å². The van der Waals surface area contributed by atoms with Crippen LogP contribution in [0.3, 0.4) is 0 Å². The zero-order valence-corrected chi connectivity index (χ0v) is 14.9. The molecule has 2 amide bonds. The molecule has 1 atom stereocenters. The zero-order valence-electron chi connectivity index (χ0n) is 12.5. The standard InChI is InChI=1S/C17H15ClN2O2S2/c18-12-2-1-3-13(8-12)20-17(22)19-9-14-4-5-15(24-14)16(21)11-6-7-23-10-11/h1-8,10,16,21H,9H2,(H2,19,20,22). The van der Waals surface area contributed by atoms with Gasteiger partial charge >= 0.3 is 6.03 Å². The van der Waals surface area contributed by atoms with Gasteiger partial charge in [0.25, 0.3) is 0 Å². The molecule has 4 nitrogen and oxygen atoms in total. The highest BCUT2D eigenvalue weighted by atomic mass is 35.5. The average Bonchev–Trinajstić information content (AvgIpc) is 3.24. The van der Waals surface area contributed by atoms with Crippen molar-refractivity contribution in [2.24, 2.45) is 0 Å². The highest BCUT2D eigenvalue weighted by molar-refractivity contribution is 7.12. The number of thiophene rings is 2. The predicted octanol–water partition coefficient (Wildman–Crippen LogP) is 4.87. The van der Waals surface area contributed by atoms with Crippen molar-refractivity contribution in [1.82, 2.24) is 5.32 Å². The number of carbonyl (C=O) groups excluding carboxylic acids is 1. The first kappa shape index (κ1) is 17.0. The number of anilines is 1. The highest BCUT2D eigenvalue weighted by Gasteiger charge is 2.13. The topological polar surface area (TPSA) is 61.4 Å². The van der Waals surface area contributed by atoms with Crippen LogP contribution >= 0.6 is 34.3 Å². The van der Waals surface area contributed by atoms with E-state index >= 15 is 0 Å². The molecule has 1 unspecified atom stereocenters. The molecule has 3 N–H and O–H groups in total. The van der Waals surface area contributed by atoms with E-state index in [0.717, 1.165) is 15.3 Å². The molecule has 0 fully saturated rings. The largest absolute Gasteiger partial charge is 0.383 e. The Bertz CT molecular complexity index is 818. The molecule has 0 spiro atoms. The first-order chi connectivity index (χ1) is 11.6. The number of rotatable bonds is 5. The lowest BCUT2D eigenvalue weighted by molar-refractivity contribution is 0.224. The van der Waals surface area contributed by atoms with Gasteiger partial charge in [-0.05, 0) is 52.7 Å². The molecule has 3 aromatic rings. The van der Waals surface area contributed by atoms with Crippen LogP contribution in [-0.2, 0) is 6.54 Å². The quantitative estimate of drug-likeness (QED) is 0.593. The Morgan fingerprint density at radius 1 is 1.25 bits per heavy atom. The molecule has 0 aliphatic carbocycles. The summed E-state index contributed by atoms with van der Waals surface area (Å²) >= 11 is 8.92. The van der Waals surface area contributed by atoms with Gasteiger partial charge in [-0.25, -0.2) is 4.79 Å². The van der Waals surface area contributed by atoms with E-state index in [1.165, 1.54) is 11.3 Å². The molecule has 0 aliphatic heterocycles. The fourth-order valence-corrected chi connectivity index (χ4v) is 3.98. The second-order valence-electron chi connectivity index (χ2n) is 5.08. The molecule has 0 bridgehead atoms. The Morgan fingerprint density at radius 2 is 2.12 bits per heavy atom. The van der Waals surface area contributed by atoms with E-state index in [1.807, 2.05) is 29.0 Å². The molecule has 0 saturated heterocycles. The number of amides is 2. The van der Waals surface area contributed by atoms with Crippen LogP contribution in [0, 0.1) is 0 Å². The number of halogens is 1. The fourth-order valence-electron chi connectivity index (χ4n) is 2.14. The van der Waals surface area contributed by atoms with Gasteiger partial charge in [0.05, 0.1) is 6.54 Å². The van der Waals surface area contributed by atoms with Crippen LogP contribution in [0.2, 0.25) is 5.02 Å². The van der Waals surface area contributed by atoms with E-state index in [4.69, 9.17) is 11.6 Å². The summed E-state index contributed by atoms with van der Waals surface area (Å²) in [4.78, 5) is 13.8. The van der Waals surface area contributed by atoms with Gasteiger partial charge in [0.2, 0.25) is 0 Å². The van der Waals surface area contributed by atoms with Crippen LogP contribution in [0.25, 0.3) is 0 Å². The van der Waals surface area contributed by atoms with Gasteiger partial charge in [0, 0.05) is 20.5 Å². The molecule has 124 valence electrons. The molecule has 2 aromatic heterocycles. The second-order valence-corrected chi connectivity index (χ2v) is 7.50. The van der Waals surface area contributed by atoms with Gasteiger partial charge < -0.3 is 15.7 Å². The summed E-state index contributed by atoms with van der Waals surface area (Å²) in [7, 11) is 0. The number of carbonyl (C=O) groups is 1. The molecule has 0 aliphatic rings. The van der Waals surface area contributed by atoms with Crippen molar-refractivity contribution in [2.45, 2.75) is 12.6 Å². The molecule has 0 saturated carbocycles. The Morgan fingerprint density at radius 3 is 2.88 bits per heavy atom. The van der Waals surface area contributed by atoms with E-state index < -0.39 is 6.10 Å². The number of hydrogen-bond donors (Lipinski definition) is 3. The second kappa shape index (κ2) is 7.81. The Kier molecular flexibility index (Phi) is 5.52. The maximum absolute atomic E-state index is 11.9. The summed E-state index contributed by atoms with van der Waals surface area (Å²) in [5.74, 6) is 0. The third-order valence-electron chi connectivity index (χ3n) is 3.32. The predicted molar refractivity (Wildman–Crippen MR) is 100 cm³/mol. The molecule has 1 aromatic carbocycles. The van der Waals surface area contributed by atoms with Crippen LogP contribution in [0.15, 0.2) is 53.2 Å². The van der Waals surface area contributed by atoms with Crippen LogP contribution in [-0.4, -0.2) is 11.1 Å². The normalized spacial score (nSPS) is 11.9. The lowest BCUT2D eigenvalue weighted by Crippen LogP contribution is -2.27. The van der Waals surface area contributed by atoms with Crippen molar-refractivity contribution in [3.63, 3.8) is 0 Å². The lowest BCUT2D eigenvalue weighted by atomic mass is 10.2. The third-order valence-corrected chi connectivity index (χ3v) is 5.39. The summed E-state index contributed by atoms with van der Waals surface area (Å²) in [6.07, 6.45) is -0.615. The number of hydrogen-bond acceptors (Lipinski definition) is 4. The number of benzene rings is 1. The molecule has 0 radical (unpaired) electrons. The number of urea groups is 1. The van der Waals surface area contributed by atoms with E-state index in [2.05, 4.69) is 10.6 Å². The van der Waals surface area contributed by atoms with E-state index in [-0.39, 0.29) is 6.03 Å². The Balaban J connectivity index is 1.54. The molecular formula is C17H15ClN2O2S2. The first-order valence-electron chi connectivity index (χ1n) is 7.21. The van der Waals surface area contributed by atoms with E-state index in [9.17, 15) is 9.90 Å². The zero-order chi connectivity index (χ0) is 16.9. The van der Waals surface area contributed by atoms with Crippen molar-refractivity contribution >= 4 is 46.0 Å². The van der Waals surface area contributed by atoms with E-state index in [0.29, 0.717) is 17.3 Å². The van der Waals surface area contributed by atoms with Gasteiger partial charge in [0.15, 0.2) is 0 Å². The number of aliphatic hydroxyl groups is 1. The van der Waals surface area contributed by atoms with Crippen LogP contribution < -0.4 is 10.6 Å². The van der Waals surface area contributed by atoms with Gasteiger partial charge in [-0.15, -0.1) is 11.3 Å². The Labute approximate surface area is 152 Å². The van der Waals surface area contributed by atoms with Gasteiger partial charge in [-0.2, -0.15) is 11.3 Å². The maximum Gasteiger partial charge on any atom is 0.319 e. The van der Waals surface area contributed by atoms with Gasteiger partial charge in [-0.3, -0.25) is 0 Å². The minimum atomic E-state index is -0.615. The highest BCUT2D eigenvalue weighted by Crippen LogP contribution is 2.29. The minimum Gasteiger partial charge on any atom is -0.383 e. The summed E-state index contributed by atoms with van der Waals surface area (Å²) in [6, 6.07) is 12.4. The van der Waals surface area contributed by atoms with Crippen LogP contribution in [0.5, 0.6) is 0 Å². The third kappa shape index (κ3) is 4.36. The van der Waals surface area contributed by atoms with Crippen molar-refractivity contribution in [2.75, 3.05) is 5.32 Å². The Hall–Kier alpha value is -1.86. The van der Waals surface area contributed by atoms with Gasteiger partial charge in [0.1, 0.15) is 6.10 Å². The maximum atomic E-state index is 11.9. The molecule has 7 heteroatoms. The SMILES string of the molecule is O=C(NCc1ccc(C(O)c2ccsc2)s1)Nc1cccc(Cl)c1. The summed E-state index contributed by atoms with van der Waals surface area (Å²) in [5.41, 5.74) is 1.53. The average molecular weight is 379 g/mol. The summed E-state index contributed by atoms with van der Waals surface area (Å²) < 4.78 is 0. The van der Waals surface area contributed by atoms with Crippen molar-refractivity contribution in [3.8, 4) is 0 Å². The first-order valence-corrected chi connectivity index (χ1v) is 9.35. The lowest BCUT2D eigenvalue weighted by Gasteiger charge is -2.07. The molecule has 3 rings (SSSR count). The summed E-state index contributed by atoms with van der Waals surface area (Å²) in [5, 5.41) is 20.3. The van der Waals surface area contributed by atoms with Crippen molar-refractivity contribution < 1.29 is 9.90 Å². The molecule has 24 heavy (non-hydrogen) atoms.